The normalized spacial score (nSPS) is 11.9. The lowest BCUT2D eigenvalue weighted by Gasteiger charge is -2.13. The van der Waals surface area contributed by atoms with Gasteiger partial charge < -0.3 is 9.84 Å². The van der Waals surface area contributed by atoms with E-state index in [9.17, 15) is 9.70 Å². The molecule has 0 saturated heterocycles. The number of nitroso groups, excluding NO2 is 1. The molecule has 1 unspecified atom stereocenters. The Morgan fingerprint density at radius 2 is 2.33 bits per heavy atom. The predicted molar refractivity (Wildman–Crippen MR) is 41.2 cm³/mol. The summed E-state index contributed by atoms with van der Waals surface area (Å²) >= 11 is 0. The minimum Gasteiger partial charge on any atom is -0.448 e. The highest BCUT2D eigenvalue weighted by atomic mass is 16.6. The van der Waals surface area contributed by atoms with Gasteiger partial charge in [-0.15, -0.1) is 4.91 Å². The van der Waals surface area contributed by atoms with E-state index in [1.807, 2.05) is 0 Å². The maximum Gasteiger partial charge on any atom is 0.433 e. The van der Waals surface area contributed by atoms with Gasteiger partial charge in [0.15, 0.2) is 0 Å². The molecule has 0 radical (unpaired) electrons. The van der Waals surface area contributed by atoms with Gasteiger partial charge >= 0.3 is 6.09 Å². The van der Waals surface area contributed by atoms with E-state index in [-0.39, 0.29) is 13.2 Å². The second-order valence-electron chi connectivity index (χ2n) is 2.21. The van der Waals surface area contributed by atoms with Crippen LogP contribution in [-0.4, -0.2) is 35.5 Å². The van der Waals surface area contributed by atoms with E-state index >= 15 is 0 Å². The van der Waals surface area contributed by atoms with Crippen LogP contribution in [0.2, 0.25) is 0 Å². The van der Waals surface area contributed by atoms with Crippen molar-refractivity contribution in [3.63, 3.8) is 0 Å². The zero-order chi connectivity index (χ0) is 9.56. The van der Waals surface area contributed by atoms with E-state index in [1.165, 1.54) is 6.92 Å². The number of hydrogen-bond acceptors (Lipinski definition) is 5. The SMILES string of the molecule is CCOC(=O)N(CC(C)O)N=O. The van der Waals surface area contributed by atoms with Crippen molar-refractivity contribution in [2.24, 2.45) is 5.29 Å². The first-order valence-corrected chi connectivity index (χ1v) is 3.57. The number of nitrogens with zero attached hydrogens (tertiary/aromatic N) is 2. The minimum atomic E-state index is -0.839. The Kier molecular flexibility index (Phi) is 4.94. The van der Waals surface area contributed by atoms with Crippen molar-refractivity contribution in [2.75, 3.05) is 13.2 Å². The molecule has 12 heavy (non-hydrogen) atoms. The van der Waals surface area contributed by atoms with Crippen molar-refractivity contribution in [1.82, 2.24) is 5.01 Å². The van der Waals surface area contributed by atoms with Gasteiger partial charge in [-0.3, -0.25) is 0 Å². The Hall–Kier alpha value is -1.17. The van der Waals surface area contributed by atoms with Crippen LogP contribution >= 0.6 is 0 Å². The molecule has 0 aliphatic carbocycles. The molecule has 6 nitrogen and oxygen atoms in total. The van der Waals surface area contributed by atoms with Crippen molar-refractivity contribution >= 4 is 6.09 Å². The van der Waals surface area contributed by atoms with Crippen molar-refractivity contribution in [2.45, 2.75) is 20.0 Å². The molecule has 0 aliphatic heterocycles. The number of carbonyl (C=O) groups excluding carboxylic acids is 1. The molecule has 6 heteroatoms. The van der Waals surface area contributed by atoms with Gasteiger partial charge in [-0.05, 0) is 13.8 Å². The summed E-state index contributed by atoms with van der Waals surface area (Å²) in [5.41, 5.74) is 0. The van der Waals surface area contributed by atoms with Crippen molar-refractivity contribution in [1.29, 1.82) is 0 Å². The maximum absolute atomic E-state index is 10.8. The smallest absolute Gasteiger partial charge is 0.433 e. The Morgan fingerprint density at radius 3 is 2.67 bits per heavy atom. The second kappa shape index (κ2) is 5.48. The van der Waals surface area contributed by atoms with Crippen LogP contribution in [0.3, 0.4) is 0 Å². The summed E-state index contributed by atoms with van der Waals surface area (Å²) in [4.78, 5) is 20.8. The van der Waals surface area contributed by atoms with Crippen LogP contribution in [-0.2, 0) is 4.74 Å². The quantitative estimate of drug-likeness (QED) is 0.500. The van der Waals surface area contributed by atoms with Crippen LogP contribution in [0.15, 0.2) is 5.29 Å². The second-order valence-corrected chi connectivity index (χ2v) is 2.21. The molecule has 70 valence electrons. The number of hydrogen-bond donors (Lipinski definition) is 1. The Morgan fingerprint density at radius 1 is 1.75 bits per heavy atom. The van der Waals surface area contributed by atoms with E-state index in [2.05, 4.69) is 10.0 Å². The summed E-state index contributed by atoms with van der Waals surface area (Å²) in [6, 6.07) is 0. The van der Waals surface area contributed by atoms with Crippen LogP contribution in [0.25, 0.3) is 0 Å². The maximum atomic E-state index is 10.8. The van der Waals surface area contributed by atoms with Gasteiger partial charge in [-0.2, -0.15) is 5.01 Å². The number of ether oxygens (including phenoxy) is 1. The standard InChI is InChI=1S/C6H12N2O4/c1-3-12-6(10)8(7-11)4-5(2)9/h5,9H,3-4H2,1-2H3. The molecule has 1 N–H and O–H groups in total. The third-order valence-corrected chi connectivity index (χ3v) is 1.01. The molecule has 0 aliphatic rings. The largest absolute Gasteiger partial charge is 0.448 e. The van der Waals surface area contributed by atoms with Crippen LogP contribution in [0.4, 0.5) is 4.79 Å². The molecule has 0 bridgehead atoms. The third kappa shape index (κ3) is 3.87. The molecule has 0 spiro atoms. The number of aliphatic hydroxyl groups is 1. The van der Waals surface area contributed by atoms with Crippen molar-refractivity contribution in [3.05, 3.63) is 4.91 Å². The Bertz CT molecular complexity index is 160. The topological polar surface area (TPSA) is 79.2 Å². The molecule has 0 rings (SSSR count). The summed E-state index contributed by atoms with van der Waals surface area (Å²) in [7, 11) is 0. The average molecular weight is 176 g/mol. The lowest BCUT2D eigenvalue weighted by Crippen LogP contribution is -2.32. The molecular formula is C6H12N2O4. The van der Waals surface area contributed by atoms with Gasteiger partial charge in [-0.1, -0.05) is 0 Å². The first kappa shape index (κ1) is 10.8. The molecule has 0 aromatic rings. The van der Waals surface area contributed by atoms with Crippen LogP contribution in [0.1, 0.15) is 13.8 Å². The first-order valence-electron chi connectivity index (χ1n) is 3.57. The van der Waals surface area contributed by atoms with Gasteiger partial charge in [-0.25, -0.2) is 4.79 Å². The molecule has 0 fully saturated rings. The fourth-order valence-corrected chi connectivity index (χ4v) is 0.589. The number of aliphatic hydroxyl groups excluding tert-OH is 1. The molecule has 0 aromatic heterocycles. The lowest BCUT2D eigenvalue weighted by atomic mass is 10.4. The van der Waals surface area contributed by atoms with Gasteiger partial charge in [0, 0.05) is 0 Å². The van der Waals surface area contributed by atoms with Crippen LogP contribution < -0.4 is 0 Å². The van der Waals surface area contributed by atoms with Crippen molar-refractivity contribution < 1.29 is 14.6 Å². The average Bonchev–Trinajstić information content (AvgIpc) is 2.00. The monoisotopic (exact) mass is 176 g/mol. The predicted octanol–water partition coefficient (Wildman–Crippen LogP) is 0.507. The van der Waals surface area contributed by atoms with E-state index in [1.54, 1.807) is 6.92 Å². The number of carbonyl (C=O) groups is 1. The molecule has 0 saturated carbocycles. The fraction of sp³-hybridized carbons (Fsp3) is 0.833. The van der Waals surface area contributed by atoms with Gasteiger partial charge in [0.25, 0.3) is 0 Å². The summed E-state index contributed by atoms with van der Waals surface area (Å²) < 4.78 is 4.48. The van der Waals surface area contributed by atoms with Gasteiger partial charge in [0.05, 0.1) is 24.5 Å². The fourth-order valence-electron chi connectivity index (χ4n) is 0.589. The minimum absolute atomic E-state index is 0.150. The van der Waals surface area contributed by atoms with Gasteiger partial charge in [0.2, 0.25) is 0 Å². The highest BCUT2D eigenvalue weighted by Crippen LogP contribution is 1.96. The highest BCUT2D eigenvalue weighted by Gasteiger charge is 2.16. The molecule has 1 atom stereocenters. The number of amides is 1. The zero-order valence-electron chi connectivity index (χ0n) is 7.06. The van der Waals surface area contributed by atoms with Crippen molar-refractivity contribution in [3.8, 4) is 0 Å². The Balaban J connectivity index is 3.96. The zero-order valence-corrected chi connectivity index (χ0v) is 7.06. The van der Waals surface area contributed by atoms with E-state index in [0.29, 0.717) is 5.01 Å². The summed E-state index contributed by atoms with van der Waals surface area (Å²) in [6.07, 6.45) is -1.64. The van der Waals surface area contributed by atoms with E-state index in [4.69, 9.17) is 5.11 Å². The first-order chi connectivity index (χ1) is 5.61. The third-order valence-electron chi connectivity index (χ3n) is 1.01. The van der Waals surface area contributed by atoms with Gasteiger partial charge in [0.1, 0.15) is 0 Å². The summed E-state index contributed by atoms with van der Waals surface area (Å²) in [5, 5.41) is 11.8. The number of rotatable bonds is 4. The van der Waals surface area contributed by atoms with E-state index in [0.717, 1.165) is 0 Å². The lowest BCUT2D eigenvalue weighted by molar-refractivity contribution is 0.0816. The van der Waals surface area contributed by atoms with E-state index < -0.39 is 12.2 Å². The molecule has 1 amide bonds. The summed E-state index contributed by atoms with van der Waals surface area (Å²) in [6.45, 7) is 3.08. The molecule has 0 heterocycles. The Labute approximate surface area is 70.1 Å². The van der Waals surface area contributed by atoms with Crippen LogP contribution in [0, 0.1) is 4.91 Å². The highest BCUT2D eigenvalue weighted by molar-refractivity contribution is 5.67. The summed E-state index contributed by atoms with van der Waals surface area (Å²) in [5.74, 6) is 0. The van der Waals surface area contributed by atoms with Crippen LogP contribution in [0.5, 0.6) is 0 Å². The molecular weight excluding hydrogens is 164 g/mol. The molecule has 0 aromatic carbocycles.